The highest BCUT2D eigenvalue weighted by atomic mass is 32.2. The Hall–Kier alpha value is -2.99. The molecular weight excluding hydrogens is 564 g/mol. The van der Waals surface area contributed by atoms with E-state index >= 15 is 0 Å². The zero-order chi connectivity index (χ0) is 29.9. The first kappa shape index (κ1) is 31.0. The molecule has 2 fully saturated rings. The maximum atomic E-state index is 12.1. The normalized spacial score (nSPS) is 33.6. The topological polar surface area (TPSA) is 238 Å². The highest BCUT2D eigenvalue weighted by Crippen LogP contribution is 2.49. The summed E-state index contributed by atoms with van der Waals surface area (Å²) in [5, 5.41) is 90.6. The van der Waals surface area contributed by atoms with Crippen LogP contribution in [0.1, 0.15) is 20.7 Å². The second kappa shape index (κ2) is 12.5. The molecule has 0 amide bonds. The lowest BCUT2D eigenvalue weighted by Gasteiger charge is -2.54. The summed E-state index contributed by atoms with van der Waals surface area (Å²) in [4.78, 5) is 18.2. The smallest absolute Gasteiger partial charge is 0.335 e. The summed E-state index contributed by atoms with van der Waals surface area (Å²) in [6.45, 7) is -2.22. The molecule has 14 nitrogen and oxygen atoms in total. The molecule has 0 saturated carbocycles. The first-order valence-electron chi connectivity index (χ1n) is 12.6. The number of hydrogen-bond acceptors (Lipinski definition) is 13. The van der Waals surface area contributed by atoms with Gasteiger partial charge in [-0.25, -0.2) is 9.59 Å². The van der Waals surface area contributed by atoms with Crippen molar-refractivity contribution in [1.82, 2.24) is 0 Å². The number of anilines is 2. The number of aliphatic hydroxyl groups excluding tert-OH is 4. The van der Waals surface area contributed by atoms with Gasteiger partial charge in [-0.1, -0.05) is 23.9 Å². The molecule has 0 unspecified atom stereocenters. The number of aliphatic hydroxyl groups is 6. The third kappa shape index (κ3) is 6.28. The summed E-state index contributed by atoms with van der Waals surface area (Å²) in [5.41, 5.74) is 0.221. The summed E-state index contributed by atoms with van der Waals surface area (Å²) in [6.07, 6.45) is -5.72. The van der Waals surface area contributed by atoms with Crippen LogP contribution in [0.25, 0.3) is 0 Å². The van der Waals surface area contributed by atoms with Gasteiger partial charge in [0.25, 0.3) is 0 Å². The molecule has 10 N–H and O–H groups in total. The third-order valence-corrected chi connectivity index (χ3v) is 8.73. The SMILES string of the molecule is O=C(O)c1cccc(N[C@H]2[C@@H](O)CO[C@H](CO)[C@]2(O)S[C@@]2(O)[C@@H](CO)OC[C@H](O)[C@@H]2Nc2cccc(C(=O)O)c2)c1. The van der Waals surface area contributed by atoms with Gasteiger partial charge in [0.1, 0.15) is 24.4 Å². The second-order valence-corrected chi connectivity index (χ2v) is 11.3. The van der Waals surface area contributed by atoms with E-state index in [9.17, 15) is 50.4 Å². The molecule has 4 rings (SSSR count). The van der Waals surface area contributed by atoms with Gasteiger partial charge in [-0.15, -0.1) is 0 Å². The van der Waals surface area contributed by atoms with Gasteiger partial charge in [0.05, 0.1) is 49.6 Å². The quantitative estimate of drug-likeness (QED) is 0.147. The predicted molar refractivity (Wildman–Crippen MR) is 145 cm³/mol. The molecule has 41 heavy (non-hydrogen) atoms. The van der Waals surface area contributed by atoms with Gasteiger partial charge in [0.2, 0.25) is 0 Å². The first-order chi connectivity index (χ1) is 19.4. The highest BCUT2D eigenvalue weighted by Gasteiger charge is 2.62. The van der Waals surface area contributed by atoms with Gasteiger partial charge in [-0.05, 0) is 36.4 Å². The van der Waals surface area contributed by atoms with Crippen LogP contribution in [-0.2, 0) is 9.47 Å². The molecule has 2 aliphatic heterocycles. The Balaban J connectivity index is 1.74. The Kier molecular flexibility index (Phi) is 9.42. The number of benzene rings is 2. The van der Waals surface area contributed by atoms with Gasteiger partial charge in [0, 0.05) is 11.4 Å². The van der Waals surface area contributed by atoms with E-state index < -0.39 is 71.5 Å². The van der Waals surface area contributed by atoms with Crippen LogP contribution in [0.2, 0.25) is 0 Å². The van der Waals surface area contributed by atoms with Crippen molar-refractivity contribution >= 4 is 35.1 Å². The number of ether oxygens (including phenoxy) is 2. The fourth-order valence-corrected chi connectivity index (χ4v) is 6.70. The van der Waals surface area contributed by atoms with Gasteiger partial charge in [0.15, 0.2) is 9.87 Å². The van der Waals surface area contributed by atoms with Crippen molar-refractivity contribution in [2.75, 3.05) is 37.1 Å². The number of rotatable bonds is 10. The fraction of sp³-hybridized carbons (Fsp3) is 0.462. The van der Waals surface area contributed by atoms with Crippen molar-refractivity contribution in [3.05, 3.63) is 59.7 Å². The zero-order valence-electron chi connectivity index (χ0n) is 21.5. The molecule has 2 aliphatic rings. The number of carboxylic acids is 2. The number of nitrogens with one attached hydrogen (secondary N) is 2. The summed E-state index contributed by atoms with van der Waals surface area (Å²) in [7, 11) is 0. The van der Waals surface area contributed by atoms with Crippen LogP contribution in [0.4, 0.5) is 11.4 Å². The Bertz CT molecular complexity index is 1160. The van der Waals surface area contributed by atoms with Crippen LogP contribution >= 0.6 is 11.8 Å². The number of carboxylic acid groups (broad SMARTS) is 2. The van der Waals surface area contributed by atoms with E-state index in [2.05, 4.69) is 10.6 Å². The summed E-state index contributed by atoms with van der Waals surface area (Å²) in [5.74, 6) is -2.43. The molecule has 0 radical (unpaired) electrons. The van der Waals surface area contributed by atoms with Crippen molar-refractivity contribution in [2.45, 2.75) is 46.4 Å². The maximum Gasteiger partial charge on any atom is 0.335 e. The molecule has 0 aromatic heterocycles. The molecule has 224 valence electrons. The van der Waals surface area contributed by atoms with Gasteiger partial charge in [-0.2, -0.15) is 0 Å². The first-order valence-corrected chi connectivity index (χ1v) is 13.4. The van der Waals surface area contributed by atoms with Crippen molar-refractivity contribution < 1.29 is 59.9 Å². The molecule has 0 spiro atoms. The van der Waals surface area contributed by atoms with Gasteiger partial charge in [-0.3, -0.25) is 0 Å². The Labute approximate surface area is 238 Å². The average molecular weight is 597 g/mol. The Morgan fingerprint density at radius 3 is 1.51 bits per heavy atom. The minimum atomic E-state index is -2.38. The predicted octanol–water partition coefficient (Wildman–Crippen LogP) is -1.04. The molecule has 2 aromatic carbocycles. The number of aromatic carboxylic acids is 2. The van der Waals surface area contributed by atoms with E-state index in [-0.39, 0.29) is 35.7 Å². The molecular formula is C26H32N2O12S. The van der Waals surface area contributed by atoms with E-state index in [0.717, 1.165) is 0 Å². The summed E-state index contributed by atoms with van der Waals surface area (Å²) < 4.78 is 11.0. The van der Waals surface area contributed by atoms with E-state index in [1.807, 2.05) is 0 Å². The molecule has 0 aliphatic carbocycles. The fourth-order valence-electron chi connectivity index (χ4n) is 4.94. The molecule has 2 heterocycles. The van der Waals surface area contributed by atoms with Crippen LogP contribution in [0, 0.1) is 0 Å². The van der Waals surface area contributed by atoms with Crippen molar-refractivity contribution in [1.29, 1.82) is 0 Å². The van der Waals surface area contributed by atoms with Crippen LogP contribution < -0.4 is 10.6 Å². The monoisotopic (exact) mass is 596 g/mol. The van der Waals surface area contributed by atoms with Crippen molar-refractivity contribution in [3.8, 4) is 0 Å². The second-order valence-electron chi connectivity index (χ2n) is 9.77. The van der Waals surface area contributed by atoms with Gasteiger partial charge < -0.3 is 61.0 Å². The minimum Gasteiger partial charge on any atom is -0.478 e. The number of carbonyl (C=O) groups is 2. The standard InChI is InChI=1S/C26H32N2O12S/c29-9-19-25(37,21(17(31)11-39-19)27-15-5-1-3-13(7-15)23(33)34)41-26(38)20(10-30)40-12-18(32)22(26)28-16-6-2-4-14(8-16)24(35)36/h1-8,17-22,27-32,37-38H,9-12H2,(H,33,34)(H,35,36)/t17-,18-,19+,20+,21-,22-,25-,26-/m0/s1. The largest absolute Gasteiger partial charge is 0.478 e. The van der Waals surface area contributed by atoms with E-state index in [1.165, 1.54) is 48.5 Å². The van der Waals surface area contributed by atoms with Crippen LogP contribution in [-0.4, -0.2) is 126 Å². The summed E-state index contributed by atoms with van der Waals surface area (Å²) >= 11 is 0.358. The molecule has 2 saturated heterocycles. The van der Waals surface area contributed by atoms with Crippen molar-refractivity contribution in [2.24, 2.45) is 0 Å². The van der Waals surface area contributed by atoms with Crippen molar-refractivity contribution in [3.63, 3.8) is 0 Å². The zero-order valence-corrected chi connectivity index (χ0v) is 22.3. The highest BCUT2D eigenvalue weighted by molar-refractivity contribution is 8.01. The number of hydrogen-bond donors (Lipinski definition) is 10. The lowest BCUT2D eigenvalue weighted by molar-refractivity contribution is -0.174. The molecule has 2 aromatic rings. The van der Waals surface area contributed by atoms with Crippen LogP contribution in [0.3, 0.4) is 0 Å². The lowest BCUT2D eigenvalue weighted by Crippen LogP contribution is -2.71. The van der Waals surface area contributed by atoms with Crippen LogP contribution in [0.5, 0.6) is 0 Å². The molecule has 15 heteroatoms. The average Bonchev–Trinajstić information content (AvgIpc) is 2.94. The third-order valence-electron chi connectivity index (χ3n) is 7.04. The summed E-state index contributed by atoms with van der Waals surface area (Å²) in [6, 6.07) is 8.31. The van der Waals surface area contributed by atoms with E-state index in [1.54, 1.807) is 0 Å². The number of thioether (sulfide) groups is 1. The Morgan fingerprint density at radius 1 is 0.780 bits per heavy atom. The van der Waals surface area contributed by atoms with Crippen LogP contribution in [0.15, 0.2) is 48.5 Å². The molecule has 0 bridgehead atoms. The Morgan fingerprint density at radius 2 is 1.17 bits per heavy atom. The molecule has 8 atom stereocenters. The minimum absolute atomic E-state index is 0.0814. The maximum absolute atomic E-state index is 12.1. The van der Waals surface area contributed by atoms with E-state index in [0.29, 0.717) is 11.8 Å². The van der Waals surface area contributed by atoms with Gasteiger partial charge >= 0.3 is 11.9 Å². The van der Waals surface area contributed by atoms with E-state index in [4.69, 9.17) is 9.47 Å². The lowest BCUT2D eigenvalue weighted by atomic mass is 9.95.